The van der Waals surface area contributed by atoms with Crippen LogP contribution in [0.15, 0.2) is 39.9 Å². The second-order valence-electron chi connectivity index (χ2n) is 4.90. The van der Waals surface area contributed by atoms with Crippen molar-refractivity contribution in [1.29, 1.82) is 0 Å². The van der Waals surface area contributed by atoms with E-state index in [2.05, 4.69) is 29.1 Å². The van der Waals surface area contributed by atoms with E-state index in [1.807, 2.05) is 0 Å². The molecule has 0 fully saturated rings. The number of nitrogens with one attached hydrogen (secondary N) is 1. The van der Waals surface area contributed by atoms with Gasteiger partial charge in [-0.25, -0.2) is 8.42 Å². The van der Waals surface area contributed by atoms with Gasteiger partial charge < -0.3 is 11.1 Å². The fourth-order valence-corrected chi connectivity index (χ4v) is 3.32. The number of thiophene rings is 1. The summed E-state index contributed by atoms with van der Waals surface area (Å²) in [7, 11) is -3.22. The van der Waals surface area contributed by atoms with Gasteiger partial charge in [0, 0.05) is 12.3 Å². The first-order chi connectivity index (χ1) is 9.36. The summed E-state index contributed by atoms with van der Waals surface area (Å²) in [5, 5.41) is 7.48. The van der Waals surface area contributed by atoms with Crippen LogP contribution in [-0.4, -0.2) is 20.7 Å². The maximum Gasteiger partial charge on any atom is 0.175 e. The summed E-state index contributed by atoms with van der Waals surface area (Å²) < 4.78 is 22.9. The first kappa shape index (κ1) is 14.9. The summed E-state index contributed by atoms with van der Waals surface area (Å²) in [6, 6.07) is 7.10. The third-order valence-electron chi connectivity index (χ3n) is 2.98. The molecule has 0 aliphatic rings. The molecule has 108 valence electrons. The highest BCUT2D eigenvalue weighted by molar-refractivity contribution is 7.90. The number of nitrogens with two attached hydrogens (primary N) is 1. The number of hydrogen-bond donors (Lipinski definition) is 2. The van der Waals surface area contributed by atoms with Gasteiger partial charge in [0.15, 0.2) is 9.84 Å². The van der Waals surface area contributed by atoms with Crippen LogP contribution in [0.3, 0.4) is 0 Å². The Morgan fingerprint density at radius 1 is 1.35 bits per heavy atom. The Morgan fingerprint density at radius 2 is 2.10 bits per heavy atom. The molecule has 0 saturated carbocycles. The van der Waals surface area contributed by atoms with Gasteiger partial charge in [0.2, 0.25) is 0 Å². The molecule has 3 N–H and O–H groups in total. The van der Waals surface area contributed by atoms with Gasteiger partial charge in [-0.1, -0.05) is 0 Å². The molecule has 6 heteroatoms. The third-order valence-corrected chi connectivity index (χ3v) is 4.82. The van der Waals surface area contributed by atoms with E-state index < -0.39 is 9.84 Å². The topological polar surface area (TPSA) is 72.2 Å². The van der Waals surface area contributed by atoms with E-state index in [1.165, 1.54) is 17.9 Å². The zero-order chi connectivity index (χ0) is 14.8. The predicted molar refractivity (Wildman–Crippen MR) is 85.1 cm³/mol. The molecule has 2 aromatic rings. The summed E-state index contributed by atoms with van der Waals surface area (Å²) in [5.41, 5.74) is 8.41. The van der Waals surface area contributed by atoms with Crippen molar-refractivity contribution in [3.05, 3.63) is 40.6 Å². The van der Waals surface area contributed by atoms with Crippen molar-refractivity contribution < 1.29 is 8.42 Å². The second kappa shape index (κ2) is 5.85. The van der Waals surface area contributed by atoms with Crippen molar-refractivity contribution in [2.75, 3.05) is 17.3 Å². The summed E-state index contributed by atoms with van der Waals surface area (Å²) in [4.78, 5) is 0.242. The first-order valence-corrected chi connectivity index (χ1v) is 9.07. The van der Waals surface area contributed by atoms with Crippen LogP contribution in [0.2, 0.25) is 0 Å². The Labute approximate surface area is 123 Å². The average molecular weight is 310 g/mol. The molecule has 0 spiro atoms. The van der Waals surface area contributed by atoms with Crippen LogP contribution in [0.1, 0.15) is 12.5 Å². The van der Waals surface area contributed by atoms with Gasteiger partial charge in [-0.2, -0.15) is 11.3 Å². The highest BCUT2D eigenvalue weighted by atomic mass is 32.2. The largest absolute Gasteiger partial charge is 0.397 e. The Balaban J connectivity index is 2.10. The van der Waals surface area contributed by atoms with Crippen molar-refractivity contribution >= 4 is 32.5 Å². The Morgan fingerprint density at radius 3 is 2.65 bits per heavy atom. The molecule has 1 unspecified atom stereocenters. The zero-order valence-electron chi connectivity index (χ0n) is 11.5. The molecule has 0 amide bonds. The van der Waals surface area contributed by atoms with E-state index in [0.29, 0.717) is 5.69 Å². The van der Waals surface area contributed by atoms with Gasteiger partial charge in [0.25, 0.3) is 0 Å². The number of nitrogen functional groups attached to an aromatic ring is 1. The normalized spacial score (nSPS) is 13.1. The van der Waals surface area contributed by atoms with E-state index in [0.717, 1.165) is 12.1 Å². The van der Waals surface area contributed by atoms with Crippen LogP contribution in [-0.2, 0) is 16.3 Å². The average Bonchev–Trinajstić information content (AvgIpc) is 2.83. The molecule has 1 heterocycles. The molecule has 0 aliphatic heterocycles. The van der Waals surface area contributed by atoms with Gasteiger partial charge in [-0.15, -0.1) is 0 Å². The molecule has 1 atom stereocenters. The molecule has 0 radical (unpaired) electrons. The number of hydrogen-bond acceptors (Lipinski definition) is 5. The monoisotopic (exact) mass is 310 g/mol. The minimum Gasteiger partial charge on any atom is -0.397 e. The summed E-state index contributed by atoms with van der Waals surface area (Å²) in [5.74, 6) is 0. The maximum atomic E-state index is 11.5. The van der Waals surface area contributed by atoms with Crippen molar-refractivity contribution in [2.45, 2.75) is 24.3 Å². The van der Waals surface area contributed by atoms with E-state index in [1.54, 1.807) is 23.5 Å². The van der Waals surface area contributed by atoms with Gasteiger partial charge in [-0.05, 0) is 53.9 Å². The molecule has 1 aromatic heterocycles. The van der Waals surface area contributed by atoms with Crippen LogP contribution in [0, 0.1) is 0 Å². The number of rotatable bonds is 5. The third kappa shape index (κ3) is 3.74. The van der Waals surface area contributed by atoms with Crippen molar-refractivity contribution in [3.63, 3.8) is 0 Å². The van der Waals surface area contributed by atoms with E-state index >= 15 is 0 Å². The second-order valence-corrected chi connectivity index (χ2v) is 7.70. The molecular formula is C14H18N2O2S2. The lowest BCUT2D eigenvalue weighted by atomic mass is 10.1. The Hall–Kier alpha value is -1.53. The number of anilines is 2. The Kier molecular flexibility index (Phi) is 4.35. The van der Waals surface area contributed by atoms with Gasteiger partial charge in [-0.3, -0.25) is 0 Å². The van der Waals surface area contributed by atoms with Crippen molar-refractivity contribution in [2.24, 2.45) is 0 Å². The lowest BCUT2D eigenvalue weighted by Crippen LogP contribution is -2.18. The van der Waals surface area contributed by atoms with Gasteiger partial charge in [0.05, 0.1) is 16.3 Å². The van der Waals surface area contributed by atoms with Crippen LogP contribution in [0.5, 0.6) is 0 Å². The van der Waals surface area contributed by atoms with Crippen LogP contribution in [0.4, 0.5) is 11.4 Å². The van der Waals surface area contributed by atoms with E-state index in [9.17, 15) is 8.42 Å². The number of sulfone groups is 1. The first-order valence-electron chi connectivity index (χ1n) is 6.23. The summed E-state index contributed by atoms with van der Waals surface area (Å²) >= 11 is 1.68. The molecule has 20 heavy (non-hydrogen) atoms. The lowest BCUT2D eigenvalue weighted by molar-refractivity contribution is 0.602. The quantitative estimate of drug-likeness (QED) is 0.833. The lowest BCUT2D eigenvalue weighted by Gasteiger charge is -2.16. The van der Waals surface area contributed by atoms with Crippen molar-refractivity contribution in [1.82, 2.24) is 0 Å². The molecule has 4 nitrogen and oxygen atoms in total. The van der Waals surface area contributed by atoms with Gasteiger partial charge in [0.1, 0.15) is 0 Å². The minimum absolute atomic E-state index is 0.219. The van der Waals surface area contributed by atoms with Gasteiger partial charge >= 0.3 is 0 Å². The number of benzene rings is 1. The molecule has 0 saturated heterocycles. The standard InChI is InChI=1S/C14H18N2O2S2/c1-10(7-11-5-6-19-9-11)16-14-4-3-12(8-13(14)15)20(2,17)18/h3-6,8-10,16H,7,15H2,1-2H3. The highest BCUT2D eigenvalue weighted by Crippen LogP contribution is 2.24. The maximum absolute atomic E-state index is 11.5. The molecule has 0 aliphatic carbocycles. The van der Waals surface area contributed by atoms with E-state index in [4.69, 9.17) is 5.73 Å². The molecule has 1 aromatic carbocycles. The van der Waals surface area contributed by atoms with Crippen LogP contribution >= 0.6 is 11.3 Å². The Bertz CT molecular complexity index is 679. The fourth-order valence-electron chi connectivity index (χ4n) is 1.98. The smallest absolute Gasteiger partial charge is 0.175 e. The fraction of sp³-hybridized carbons (Fsp3) is 0.286. The highest BCUT2D eigenvalue weighted by Gasteiger charge is 2.11. The molecule has 2 rings (SSSR count). The summed E-state index contributed by atoms with van der Waals surface area (Å²) in [6.45, 7) is 2.07. The minimum atomic E-state index is -3.22. The van der Waals surface area contributed by atoms with Crippen LogP contribution in [0.25, 0.3) is 0 Å². The molecular weight excluding hydrogens is 292 g/mol. The van der Waals surface area contributed by atoms with Crippen molar-refractivity contribution in [3.8, 4) is 0 Å². The molecule has 0 bridgehead atoms. The summed E-state index contributed by atoms with van der Waals surface area (Å²) in [6.07, 6.45) is 2.07. The predicted octanol–water partition coefficient (Wildman–Crippen LogP) is 2.78. The van der Waals surface area contributed by atoms with Crippen LogP contribution < -0.4 is 11.1 Å². The zero-order valence-corrected chi connectivity index (χ0v) is 13.1. The van der Waals surface area contributed by atoms with E-state index in [-0.39, 0.29) is 10.9 Å². The SMILES string of the molecule is CC(Cc1ccsc1)Nc1ccc(S(C)(=O)=O)cc1N.